The molecule has 238 valence electrons. The van der Waals surface area contributed by atoms with Crippen LogP contribution in [0.15, 0.2) is 72.8 Å². The lowest BCUT2D eigenvalue weighted by Gasteiger charge is -2.48. The van der Waals surface area contributed by atoms with E-state index in [0.717, 1.165) is 18.4 Å². The number of hydrogen-bond acceptors (Lipinski definition) is 6. The van der Waals surface area contributed by atoms with Gasteiger partial charge in [0.1, 0.15) is 30.0 Å². The van der Waals surface area contributed by atoms with Crippen molar-refractivity contribution in [1.29, 1.82) is 0 Å². The van der Waals surface area contributed by atoms with Gasteiger partial charge in [0.2, 0.25) is 0 Å². The van der Waals surface area contributed by atoms with Crippen molar-refractivity contribution in [2.45, 2.75) is 69.8 Å². The molecule has 44 heavy (non-hydrogen) atoms. The van der Waals surface area contributed by atoms with Gasteiger partial charge in [0.15, 0.2) is 5.79 Å². The van der Waals surface area contributed by atoms with E-state index in [2.05, 4.69) is 14.4 Å². The fraction of sp³-hybridized carbons (Fsp3) is 0.438. The predicted molar refractivity (Wildman–Crippen MR) is 148 cm³/mol. The van der Waals surface area contributed by atoms with Gasteiger partial charge in [-0.15, -0.1) is 26.3 Å². The van der Waals surface area contributed by atoms with Crippen molar-refractivity contribution >= 4 is 0 Å². The maximum absolute atomic E-state index is 12.8. The summed E-state index contributed by atoms with van der Waals surface area (Å²) in [5.74, 6) is -0.703. The minimum atomic E-state index is -4.84. The van der Waals surface area contributed by atoms with Crippen molar-refractivity contribution in [3.05, 3.63) is 89.5 Å². The molecule has 0 amide bonds. The van der Waals surface area contributed by atoms with Gasteiger partial charge in [0, 0.05) is 6.54 Å². The van der Waals surface area contributed by atoms with Crippen molar-refractivity contribution in [2.24, 2.45) is 0 Å². The Kier molecular flexibility index (Phi) is 9.06. The fourth-order valence-electron chi connectivity index (χ4n) is 5.88. The van der Waals surface area contributed by atoms with Crippen LogP contribution in [0.3, 0.4) is 0 Å². The summed E-state index contributed by atoms with van der Waals surface area (Å²) in [4.78, 5) is 2.21. The Hall–Kier alpha value is -3.48. The molecule has 0 saturated carbocycles. The van der Waals surface area contributed by atoms with Crippen molar-refractivity contribution in [2.75, 3.05) is 19.8 Å². The van der Waals surface area contributed by atoms with Crippen LogP contribution in [-0.2, 0) is 21.6 Å². The summed E-state index contributed by atoms with van der Waals surface area (Å²) in [7, 11) is 0. The highest BCUT2D eigenvalue weighted by Crippen LogP contribution is 2.45. The fourth-order valence-corrected chi connectivity index (χ4v) is 5.88. The average molecular weight is 626 g/mol. The van der Waals surface area contributed by atoms with Crippen molar-refractivity contribution < 1.29 is 50.0 Å². The van der Waals surface area contributed by atoms with E-state index in [0.29, 0.717) is 49.6 Å². The number of likely N-dealkylation sites (tertiary alicyclic amines) is 1. The molecule has 2 heterocycles. The Morgan fingerprint density at radius 1 is 0.750 bits per heavy atom. The van der Waals surface area contributed by atoms with E-state index >= 15 is 0 Å². The third kappa shape index (κ3) is 7.96. The molecule has 0 aliphatic carbocycles. The van der Waals surface area contributed by atoms with E-state index in [1.165, 1.54) is 24.3 Å². The lowest BCUT2D eigenvalue weighted by molar-refractivity contribution is -0.275. The first kappa shape index (κ1) is 31.9. The first-order valence-electron chi connectivity index (χ1n) is 14.2. The lowest BCUT2D eigenvalue weighted by atomic mass is 9.74. The maximum Gasteiger partial charge on any atom is 0.573 e. The average Bonchev–Trinajstić information content (AvgIpc) is 3.30. The second-order valence-electron chi connectivity index (χ2n) is 11.3. The third-order valence-electron chi connectivity index (χ3n) is 7.69. The van der Waals surface area contributed by atoms with Gasteiger partial charge in [-0.05, 0) is 92.7 Å². The van der Waals surface area contributed by atoms with Gasteiger partial charge in [0.25, 0.3) is 0 Å². The SMILES string of the molecule is CC1(C)OCC(COc2ccc(CN3CCCCC3(c3ccc(OC(F)(F)F)cc3)c3ccc(OC(F)(F)F)cc3)cc2)O1. The molecule has 1 unspecified atom stereocenters. The van der Waals surface area contributed by atoms with Crippen LogP contribution in [0.4, 0.5) is 26.3 Å². The van der Waals surface area contributed by atoms with Crippen molar-refractivity contribution in [3.63, 3.8) is 0 Å². The quantitative estimate of drug-likeness (QED) is 0.225. The van der Waals surface area contributed by atoms with Crippen molar-refractivity contribution in [1.82, 2.24) is 4.90 Å². The molecule has 6 nitrogen and oxygen atoms in total. The summed E-state index contributed by atoms with van der Waals surface area (Å²) in [5, 5.41) is 0. The van der Waals surface area contributed by atoms with Crippen LogP contribution in [0.25, 0.3) is 0 Å². The lowest BCUT2D eigenvalue weighted by Crippen LogP contribution is -2.49. The number of halogens is 6. The maximum atomic E-state index is 12.8. The number of benzene rings is 3. The number of hydrogen-bond donors (Lipinski definition) is 0. The van der Waals surface area contributed by atoms with E-state index < -0.39 is 24.1 Å². The van der Waals surface area contributed by atoms with Crippen LogP contribution >= 0.6 is 0 Å². The molecule has 2 fully saturated rings. The molecule has 3 aromatic rings. The van der Waals surface area contributed by atoms with Gasteiger partial charge in [-0.3, -0.25) is 4.90 Å². The summed E-state index contributed by atoms with van der Waals surface area (Å²) in [5.41, 5.74) is 1.50. The normalized spacial score (nSPS) is 20.3. The summed E-state index contributed by atoms with van der Waals surface area (Å²) < 4.78 is 102. The summed E-state index contributed by atoms with van der Waals surface area (Å²) >= 11 is 0. The number of alkyl halides is 6. The van der Waals surface area contributed by atoms with Crippen molar-refractivity contribution in [3.8, 4) is 17.2 Å². The standard InChI is InChI=1S/C32H33F6NO5/c1-29(2)41-21-28(42-29)20-40-25-11-5-22(6-12-25)19-39-18-4-3-17-30(39,23-7-13-26(14-8-23)43-31(33,34)35)24-9-15-27(16-10-24)44-32(36,37)38/h5-16,28H,3-4,17-21H2,1-2H3. The molecule has 0 N–H and O–H groups in total. The van der Waals surface area contributed by atoms with Gasteiger partial charge in [0.05, 0.1) is 12.1 Å². The Bertz CT molecular complexity index is 1320. The molecule has 2 aliphatic rings. The van der Waals surface area contributed by atoms with Gasteiger partial charge in [-0.25, -0.2) is 0 Å². The van der Waals surface area contributed by atoms with Gasteiger partial charge in [-0.2, -0.15) is 0 Å². The molecule has 3 aromatic carbocycles. The van der Waals surface area contributed by atoms with Crippen LogP contribution in [0.5, 0.6) is 17.2 Å². The molecular weight excluding hydrogens is 592 g/mol. The number of rotatable bonds is 9. The van der Waals surface area contributed by atoms with E-state index in [-0.39, 0.29) is 17.6 Å². The first-order chi connectivity index (χ1) is 20.7. The molecule has 2 saturated heterocycles. The minimum absolute atomic E-state index is 0.181. The Balaban J connectivity index is 1.41. The Morgan fingerprint density at radius 2 is 1.27 bits per heavy atom. The molecule has 0 radical (unpaired) electrons. The molecule has 0 bridgehead atoms. The van der Waals surface area contributed by atoms with Crippen LogP contribution < -0.4 is 14.2 Å². The second kappa shape index (κ2) is 12.5. The largest absolute Gasteiger partial charge is 0.573 e. The molecule has 5 rings (SSSR count). The van der Waals surface area contributed by atoms with Gasteiger partial charge < -0.3 is 23.7 Å². The zero-order valence-corrected chi connectivity index (χ0v) is 24.2. The van der Waals surface area contributed by atoms with E-state index in [9.17, 15) is 26.3 Å². The zero-order chi connectivity index (χ0) is 31.6. The van der Waals surface area contributed by atoms with E-state index in [4.69, 9.17) is 14.2 Å². The van der Waals surface area contributed by atoms with Crippen LogP contribution in [0.1, 0.15) is 49.8 Å². The summed E-state index contributed by atoms with van der Waals surface area (Å²) in [6.45, 7) is 5.58. The smallest absolute Gasteiger partial charge is 0.491 e. The zero-order valence-electron chi connectivity index (χ0n) is 24.2. The first-order valence-corrected chi connectivity index (χ1v) is 14.2. The summed E-state index contributed by atoms with van der Waals surface area (Å²) in [6, 6.07) is 18.9. The molecule has 2 aliphatic heterocycles. The number of nitrogens with zero attached hydrogens (tertiary/aromatic N) is 1. The van der Waals surface area contributed by atoms with Gasteiger partial charge >= 0.3 is 12.7 Å². The highest BCUT2D eigenvalue weighted by atomic mass is 19.4. The Morgan fingerprint density at radius 3 is 1.75 bits per heavy atom. The monoisotopic (exact) mass is 625 g/mol. The van der Waals surface area contributed by atoms with Crippen LogP contribution in [0.2, 0.25) is 0 Å². The molecule has 0 aromatic heterocycles. The summed E-state index contributed by atoms with van der Waals surface area (Å²) in [6.07, 6.45) is -7.60. The van der Waals surface area contributed by atoms with Crippen LogP contribution in [-0.4, -0.2) is 49.3 Å². The molecular formula is C32H33F6NO5. The van der Waals surface area contributed by atoms with Gasteiger partial charge in [-0.1, -0.05) is 36.4 Å². The highest BCUT2D eigenvalue weighted by Gasteiger charge is 2.43. The topological polar surface area (TPSA) is 49.4 Å². The van der Waals surface area contributed by atoms with E-state index in [1.54, 1.807) is 24.3 Å². The third-order valence-corrected chi connectivity index (χ3v) is 7.69. The second-order valence-corrected chi connectivity index (χ2v) is 11.3. The number of ether oxygens (including phenoxy) is 5. The molecule has 12 heteroatoms. The van der Waals surface area contributed by atoms with Crippen LogP contribution in [0, 0.1) is 0 Å². The van der Waals surface area contributed by atoms with E-state index in [1.807, 2.05) is 38.1 Å². The molecule has 1 atom stereocenters. The minimum Gasteiger partial charge on any atom is -0.491 e. The molecule has 0 spiro atoms. The predicted octanol–water partition coefficient (Wildman–Crippen LogP) is 7.94. The highest BCUT2D eigenvalue weighted by molar-refractivity contribution is 5.44. The number of piperidine rings is 1. The Labute approximate surface area is 251 Å².